The summed E-state index contributed by atoms with van der Waals surface area (Å²) in [4.78, 5) is 43.8. The van der Waals surface area contributed by atoms with Gasteiger partial charge in [-0.2, -0.15) is 10.2 Å². The summed E-state index contributed by atoms with van der Waals surface area (Å²) in [5.41, 5.74) is -2.43. The number of ketones is 1. The molecule has 0 spiro atoms. The van der Waals surface area contributed by atoms with Crippen LogP contribution in [-0.2, 0) is 44.5 Å². The number of esters is 2. The molecule has 2 N–H and O–H groups in total. The van der Waals surface area contributed by atoms with Gasteiger partial charge >= 0.3 is 11.9 Å². The van der Waals surface area contributed by atoms with Crippen LogP contribution in [0.2, 0.25) is 0 Å². The number of hydrogen-bond acceptors (Lipinski definition) is 15. The highest BCUT2D eigenvalue weighted by atomic mass is 16.7. The van der Waals surface area contributed by atoms with Crippen molar-refractivity contribution in [2.75, 3.05) is 34.9 Å². The van der Waals surface area contributed by atoms with Crippen LogP contribution in [0.15, 0.2) is 57.3 Å². The predicted molar refractivity (Wildman–Crippen MR) is 224 cm³/mol. The minimum Gasteiger partial charge on any atom is -0.497 e. The highest BCUT2D eigenvalue weighted by molar-refractivity contribution is 5.90. The molecular formula is C45H71N3O12. The lowest BCUT2D eigenvalue weighted by molar-refractivity contribution is -0.301. The number of carbonyl (C=O) groups is 3. The number of nitrogens with zero attached hydrogens (tertiary/aromatic N) is 3. The smallest absolute Gasteiger partial charge is 0.312 e. The van der Waals surface area contributed by atoms with Crippen LogP contribution >= 0.6 is 0 Å². The maximum atomic E-state index is 14.3. The van der Waals surface area contributed by atoms with Crippen LogP contribution in [0, 0.1) is 17.8 Å². The third-order valence-corrected chi connectivity index (χ3v) is 11.8. The van der Waals surface area contributed by atoms with Crippen LogP contribution in [0.3, 0.4) is 0 Å². The molecule has 0 saturated carbocycles. The van der Waals surface area contributed by atoms with E-state index in [-0.39, 0.29) is 37.6 Å². The second-order valence-electron chi connectivity index (χ2n) is 16.9. The maximum absolute atomic E-state index is 14.3. The number of hydrogen-bond donors (Lipinski definition) is 2. The van der Waals surface area contributed by atoms with Gasteiger partial charge in [0.25, 0.3) is 0 Å². The normalized spacial score (nSPS) is 24.0. The van der Waals surface area contributed by atoms with Gasteiger partial charge in [0.2, 0.25) is 0 Å². The highest BCUT2D eigenvalue weighted by Gasteiger charge is 2.50. The number of Topliss-reactive ketones (excluding diaryl/α,β-unsaturated/α-hetero) is 1. The number of methoxy groups -OCH3 is 2. The molecule has 0 bridgehead atoms. The summed E-state index contributed by atoms with van der Waals surface area (Å²) in [6.07, 6.45) is -2.32. The molecule has 15 nitrogen and oxygen atoms in total. The first-order chi connectivity index (χ1) is 28.2. The molecule has 13 unspecified atom stereocenters. The number of ether oxygens (including phenoxy) is 6. The second kappa shape index (κ2) is 22.9. The molecule has 338 valence electrons. The molecule has 13 atom stereocenters. The quantitative estimate of drug-likeness (QED) is 0.0859. The largest absolute Gasteiger partial charge is 0.497 e. The Morgan fingerprint density at radius 2 is 1.68 bits per heavy atom. The SMILES string of the molecule is CCCC(C)(OC)C(OC1OC(C)CC(N(C)C)C1O)C(C)C(OC(=O)Cc1ccc(OC)cc1)C(C)C(=O)OC(CC)C(C)(O)C(=O)C(C)CN=NC(C)c1ccco1. The van der Waals surface area contributed by atoms with Crippen molar-refractivity contribution in [3.63, 3.8) is 0 Å². The van der Waals surface area contributed by atoms with Crippen LogP contribution in [0.4, 0.5) is 0 Å². The van der Waals surface area contributed by atoms with Gasteiger partial charge in [0.1, 0.15) is 35.9 Å². The van der Waals surface area contributed by atoms with Crippen LogP contribution in [0.5, 0.6) is 5.75 Å². The first-order valence-electron chi connectivity index (χ1n) is 21.1. The van der Waals surface area contributed by atoms with Crippen molar-refractivity contribution in [3.05, 3.63) is 54.0 Å². The molecule has 2 heterocycles. The van der Waals surface area contributed by atoms with Crippen molar-refractivity contribution in [3.8, 4) is 5.75 Å². The first kappa shape index (κ1) is 50.6. The number of aliphatic hydroxyl groups is 2. The third-order valence-electron chi connectivity index (χ3n) is 11.8. The summed E-state index contributed by atoms with van der Waals surface area (Å²) in [5, 5.41) is 31.6. The van der Waals surface area contributed by atoms with Gasteiger partial charge in [-0.05, 0) is 97.8 Å². The molecule has 1 aromatic heterocycles. The Hall–Kier alpha value is -3.73. The molecule has 1 saturated heterocycles. The van der Waals surface area contributed by atoms with Crippen molar-refractivity contribution in [1.82, 2.24) is 4.90 Å². The summed E-state index contributed by atoms with van der Waals surface area (Å²) in [5.74, 6) is -3.39. The van der Waals surface area contributed by atoms with Gasteiger partial charge in [0.05, 0.1) is 50.1 Å². The first-order valence-corrected chi connectivity index (χ1v) is 21.1. The number of furan rings is 1. The van der Waals surface area contributed by atoms with Crippen LogP contribution in [0.25, 0.3) is 0 Å². The van der Waals surface area contributed by atoms with Gasteiger partial charge < -0.3 is 48.0 Å². The van der Waals surface area contributed by atoms with Crippen molar-refractivity contribution in [1.29, 1.82) is 0 Å². The number of rotatable bonds is 24. The minimum atomic E-state index is -2.09. The van der Waals surface area contributed by atoms with Crippen molar-refractivity contribution >= 4 is 17.7 Å². The van der Waals surface area contributed by atoms with E-state index in [4.69, 9.17) is 32.8 Å². The van der Waals surface area contributed by atoms with Crippen LogP contribution < -0.4 is 4.74 Å². The van der Waals surface area contributed by atoms with Gasteiger partial charge in [-0.15, -0.1) is 0 Å². The van der Waals surface area contributed by atoms with E-state index in [2.05, 4.69) is 10.2 Å². The van der Waals surface area contributed by atoms with Gasteiger partial charge in [0.15, 0.2) is 17.7 Å². The van der Waals surface area contributed by atoms with E-state index in [0.29, 0.717) is 36.3 Å². The average Bonchev–Trinajstić information content (AvgIpc) is 3.77. The van der Waals surface area contributed by atoms with Gasteiger partial charge in [-0.3, -0.25) is 14.4 Å². The predicted octanol–water partition coefficient (Wildman–Crippen LogP) is 6.52. The highest BCUT2D eigenvalue weighted by Crippen LogP contribution is 2.38. The van der Waals surface area contributed by atoms with E-state index >= 15 is 0 Å². The number of benzene rings is 1. The lowest BCUT2D eigenvalue weighted by atomic mass is 9.79. The Bertz CT molecular complexity index is 1650. The molecule has 0 aliphatic carbocycles. The van der Waals surface area contributed by atoms with E-state index < -0.39 is 77.4 Å². The molecular weight excluding hydrogens is 775 g/mol. The number of likely N-dealkylation sites (N-methyl/N-ethyl adjacent to an activating group) is 1. The van der Waals surface area contributed by atoms with Crippen LogP contribution in [0.1, 0.15) is 105 Å². The number of carbonyl (C=O) groups excluding carboxylic acids is 3. The van der Waals surface area contributed by atoms with Gasteiger partial charge in [-0.25, -0.2) is 0 Å². The summed E-state index contributed by atoms with van der Waals surface area (Å²) < 4.78 is 42.0. The van der Waals surface area contributed by atoms with E-state index in [1.807, 2.05) is 46.7 Å². The third kappa shape index (κ3) is 13.1. The summed E-state index contributed by atoms with van der Waals surface area (Å²) in [6, 6.07) is 9.89. The van der Waals surface area contributed by atoms with E-state index in [1.54, 1.807) is 84.6 Å². The fraction of sp³-hybridized carbons (Fsp3) is 0.711. The summed E-state index contributed by atoms with van der Waals surface area (Å²) in [6.45, 7) is 15.6. The van der Waals surface area contributed by atoms with Crippen molar-refractivity contribution in [2.24, 2.45) is 28.0 Å². The Kier molecular flexibility index (Phi) is 19.3. The lowest BCUT2D eigenvalue weighted by Crippen LogP contribution is -2.59. The summed E-state index contributed by atoms with van der Waals surface area (Å²) >= 11 is 0. The molecule has 60 heavy (non-hydrogen) atoms. The van der Waals surface area contributed by atoms with Crippen LogP contribution in [-0.4, -0.2) is 122 Å². The Balaban J connectivity index is 1.96. The maximum Gasteiger partial charge on any atom is 0.312 e. The fourth-order valence-corrected chi connectivity index (χ4v) is 8.02. The molecule has 0 amide bonds. The minimum absolute atomic E-state index is 0.00452. The zero-order valence-corrected chi connectivity index (χ0v) is 38.0. The van der Waals surface area contributed by atoms with Gasteiger partial charge in [0, 0.05) is 25.0 Å². The molecule has 1 fully saturated rings. The van der Waals surface area contributed by atoms with E-state index in [1.165, 1.54) is 6.92 Å². The fourth-order valence-electron chi connectivity index (χ4n) is 8.02. The number of aliphatic hydroxyl groups excluding tert-OH is 1. The molecule has 1 aliphatic rings. The van der Waals surface area contributed by atoms with E-state index in [9.17, 15) is 24.6 Å². The molecule has 0 radical (unpaired) electrons. The zero-order valence-electron chi connectivity index (χ0n) is 38.0. The Morgan fingerprint density at radius 3 is 2.23 bits per heavy atom. The van der Waals surface area contributed by atoms with Gasteiger partial charge in [-0.1, -0.05) is 46.2 Å². The second-order valence-corrected chi connectivity index (χ2v) is 16.9. The molecule has 1 aliphatic heterocycles. The standard InChI is InChI=1S/C45H71N3O12/c1-14-22-44(8,55-13)41(60-43-38(50)34(48(10)11)24-28(4)57-43)29(5)39(59-37(49)25-32-18-20-33(54-12)21-19-32)30(6)42(52)58-36(15-2)45(9,53)40(51)27(3)26-46-47-31(7)35-17-16-23-56-35/h16-21,23,27-31,34,36,38-39,41,43,50,53H,14-15,22,24-26H2,1-13H3. The zero-order chi connectivity index (χ0) is 44.9. The Morgan fingerprint density at radius 1 is 1.02 bits per heavy atom. The lowest BCUT2D eigenvalue weighted by Gasteiger charge is -2.47. The van der Waals surface area contributed by atoms with E-state index in [0.717, 1.165) is 0 Å². The topological polar surface area (TPSA) is 188 Å². The summed E-state index contributed by atoms with van der Waals surface area (Å²) in [7, 11) is 6.89. The molecule has 1 aromatic carbocycles. The number of azo groups is 1. The molecule has 3 rings (SSSR count). The molecule has 2 aromatic rings. The van der Waals surface area contributed by atoms with Crippen molar-refractivity contribution in [2.45, 2.75) is 155 Å². The Labute approximate surface area is 356 Å². The monoisotopic (exact) mass is 846 g/mol. The van der Waals surface area contributed by atoms with Crippen molar-refractivity contribution < 1.29 is 57.4 Å². The average molecular weight is 846 g/mol. The molecule has 15 heteroatoms.